The summed E-state index contributed by atoms with van der Waals surface area (Å²) in [4.78, 5) is 11.5. The molecule has 5 nitrogen and oxygen atoms in total. The Labute approximate surface area is 145 Å². The van der Waals surface area contributed by atoms with E-state index in [2.05, 4.69) is 0 Å². The van der Waals surface area contributed by atoms with Crippen LogP contribution < -0.4 is 0 Å². The minimum absolute atomic E-state index is 0.0541. The highest BCUT2D eigenvalue weighted by molar-refractivity contribution is 7.91. The number of benzene rings is 1. The molecule has 0 heterocycles. The van der Waals surface area contributed by atoms with Crippen LogP contribution in [0.25, 0.3) is 5.57 Å². The predicted molar refractivity (Wildman–Crippen MR) is 88.5 cm³/mol. The number of alkyl halides is 2. The summed E-state index contributed by atoms with van der Waals surface area (Å²) in [6.07, 6.45) is -1.92. The minimum Gasteiger partial charge on any atom is -0.478 e. The lowest BCUT2D eigenvalue weighted by atomic mass is 9.99. The Hall–Kier alpha value is -1.80. The number of carbonyl (C=O) groups is 1. The lowest BCUT2D eigenvalue weighted by molar-refractivity contribution is -0.130. The molecule has 0 amide bonds. The van der Waals surface area contributed by atoms with Gasteiger partial charge in [0.25, 0.3) is 0 Å². The van der Waals surface area contributed by atoms with Gasteiger partial charge in [0.2, 0.25) is 0 Å². The van der Waals surface area contributed by atoms with Gasteiger partial charge in [0.1, 0.15) is 12.3 Å². The molecule has 0 radical (unpaired) electrons. The van der Waals surface area contributed by atoms with E-state index in [0.717, 1.165) is 0 Å². The molecule has 0 bridgehead atoms. The molecule has 2 unspecified atom stereocenters. The van der Waals surface area contributed by atoms with E-state index in [1.54, 1.807) is 0 Å². The third-order valence-corrected chi connectivity index (χ3v) is 5.86. The van der Waals surface area contributed by atoms with Crippen LogP contribution >= 0.6 is 0 Å². The average Bonchev–Trinajstić information content (AvgIpc) is 2.88. The first kappa shape index (κ1) is 19.5. The number of carboxylic acid groups (broad SMARTS) is 1. The highest BCUT2D eigenvalue weighted by Gasteiger charge is 2.34. The van der Waals surface area contributed by atoms with Gasteiger partial charge in [-0.05, 0) is 36.5 Å². The maximum absolute atomic E-state index is 13.3. The van der Waals surface area contributed by atoms with E-state index < -0.39 is 34.1 Å². The molecule has 2 atom stereocenters. The maximum atomic E-state index is 13.3. The molecule has 1 aliphatic rings. The van der Waals surface area contributed by atoms with Crippen molar-refractivity contribution >= 4 is 21.4 Å². The van der Waals surface area contributed by atoms with Crippen LogP contribution in [-0.4, -0.2) is 51.3 Å². The summed E-state index contributed by atoms with van der Waals surface area (Å²) < 4.78 is 55.4. The van der Waals surface area contributed by atoms with Crippen molar-refractivity contribution in [1.82, 2.24) is 0 Å². The zero-order valence-corrected chi connectivity index (χ0v) is 14.5. The molecule has 1 aromatic rings. The van der Waals surface area contributed by atoms with Crippen LogP contribution in [0.2, 0.25) is 0 Å². The first-order chi connectivity index (χ1) is 11.7. The number of hydrogen-bond donors (Lipinski definition) is 1. The second-order valence-corrected chi connectivity index (χ2v) is 8.09. The predicted octanol–water partition coefficient (Wildman–Crippen LogP) is 2.66. The zero-order chi connectivity index (χ0) is 18.6. The quantitative estimate of drug-likeness (QED) is 0.742. The molecule has 138 valence electrons. The summed E-state index contributed by atoms with van der Waals surface area (Å²) in [6.45, 7) is 0.0564. The van der Waals surface area contributed by atoms with Crippen LogP contribution in [0.3, 0.4) is 0 Å². The summed E-state index contributed by atoms with van der Waals surface area (Å²) in [6, 6.07) is 5.41. The van der Waals surface area contributed by atoms with E-state index in [-0.39, 0.29) is 41.2 Å². The fourth-order valence-corrected chi connectivity index (χ4v) is 3.96. The summed E-state index contributed by atoms with van der Waals surface area (Å²) in [5.41, 5.74) is 0.197. The Bertz CT molecular complexity index is 733. The van der Waals surface area contributed by atoms with E-state index in [0.29, 0.717) is 0 Å². The van der Waals surface area contributed by atoms with Gasteiger partial charge >= 0.3 is 5.97 Å². The number of halogens is 2. The van der Waals surface area contributed by atoms with Crippen molar-refractivity contribution in [3.05, 3.63) is 35.9 Å². The van der Waals surface area contributed by atoms with Crippen LogP contribution in [0.4, 0.5) is 8.78 Å². The molecule has 1 aliphatic carbocycles. The molecule has 2 rings (SSSR count). The lowest BCUT2D eigenvalue weighted by Gasteiger charge is -2.09. The van der Waals surface area contributed by atoms with Crippen molar-refractivity contribution in [1.29, 1.82) is 0 Å². The topological polar surface area (TPSA) is 80.7 Å². The number of ether oxygens (including phenoxy) is 1. The van der Waals surface area contributed by atoms with E-state index >= 15 is 0 Å². The third kappa shape index (κ3) is 4.85. The molecule has 0 saturated heterocycles. The van der Waals surface area contributed by atoms with Crippen molar-refractivity contribution in [3.63, 3.8) is 0 Å². The van der Waals surface area contributed by atoms with Gasteiger partial charge in [-0.2, -0.15) is 0 Å². The Morgan fingerprint density at radius 3 is 2.28 bits per heavy atom. The van der Waals surface area contributed by atoms with E-state index in [1.165, 1.54) is 37.5 Å². The Balaban J connectivity index is 2.24. The highest BCUT2D eigenvalue weighted by atomic mass is 32.2. The minimum atomic E-state index is -3.51. The molecule has 1 saturated carbocycles. The van der Waals surface area contributed by atoms with Crippen LogP contribution in [0, 0.1) is 5.92 Å². The summed E-state index contributed by atoms with van der Waals surface area (Å²) in [5, 5.41) is 9.37. The average molecular weight is 374 g/mol. The normalized spacial score (nSPS) is 24.4. The van der Waals surface area contributed by atoms with E-state index in [1.807, 2.05) is 0 Å². The lowest BCUT2D eigenvalue weighted by Crippen LogP contribution is -2.11. The molecular weight excluding hydrogens is 354 g/mol. The third-order valence-electron chi connectivity index (χ3n) is 4.16. The fourth-order valence-electron chi connectivity index (χ4n) is 2.79. The molecular formula is C17H20F2O5S. The van der Waals surface area contributed by atoms with Gasteiger partial charge in [-0.15, -0.1) is 0 Å². The van der Waals surface area contributed by atoms with Crippen LogP contribution in [0.5, 0.6) is 0 Å². The van der Waals surface area contributed by atoms with E-state index in [4.69, 9.17) is 4.74 Å². The van der Waals surface area contributed by atoms with Gasteiger partial charge in [0, 0.05) is 7.11 Å². The fraction of sp³-hybridized carbons (Fsp3) is 0.471. The summed E-state index contributed by atoms with van der Waals surface area (Å²) in [5.74, 6) is -1.91. The number of aliphatic carboxylic acids is 1. The molecule has 0 aliphatic heterocycles. The summed E-state index contributed by atoms with van der Waals surface area (Å²) >= 11 is 0. The van der Waals surface area contributed by atoms with Crippen LogP contribution in [-0.2, 0) is 19.4 Å². The molecule has 1 aromatic carbocycles. The number of sulfone groups is 1. The molecule has 25 heavy (non-hydrogen) atoms. The number of carboxylic acids is 1. The smallest absolute Gasteiger partial charge is 0.335 e. The van der Waals surface area contributed by atoms with Crippen molar-refractivity contribution < 1.29 is 31.8 Å². The Morgan fingerprint density at radius 2 is 1.80 bits per heavy atom. The second kappa shape index (κ2) is 8.05. The van der Waals surface area contributed by atoms with E-state index in [9.17, 15) is 27.1 Å². The SMILES string of the molecule is COCCS(=O)(=O)c1ccc(/C(=C\C2CC(F)C(F)C2)C(=O)O)cc1. The number of hydrogen-bond acceptors (Lipinski definition) is 4. The highest BCUT2D eigenvalue weighted by Crippen LogP contribution is 2.33. The first-order valence-corrected chi connectivity index (χ1v) is 9.45. The second-order valence-electron chi connectivity index (χ2n) is 5.99. The Kier molecular flexibility index (Phi) is 6.29. The van der Waals surface area contributed by atoms with Crippen molar-refractivity contribution in [2.75, 3.05) is 19.5 Å². The van der Waals surface area contributed by atoms with Gasteiger partial charge in [-0.25, -0.2) is 22.0 Å². The maximum Gasteiger partial charge on any atom is 0.335 e. The molecule has 0 aromatic heterocycles. The van der Waals surface area contributed by atoms with Crippen LogP contribution in [0.15, 0.2) is 35.2 Å². The Morgan fingerprint density at radius 1 is 1.24 bits per heavy atom. The van der Waals surface area contributed by atoms with Gasteiger partial charge in [-0.1, -0.05) is 18.2 Å². The van der Waals surface area contributed by atoms with Crippen molar-refractivity contribution in [2.45, 2.75) is 30.1 Å². The van der Waals surface area contributed by atoms with Gasteiger partial charge in [-0.3, -0.25) is 0 Å². The number of rotatable bonds is 7. The first-order valence-electron chi connectivity index (χ1n) is 7.80. The summed E-state index contributed by atoms with van der Waals surface area (Å²) in [7, 11) is -2.11. The van der Waals surface area contributed by atoms with Crippen molar-refractivity contribution in [2.24, 2.45) is 5.92 Å². The molecule has 1 N–H and O–H groups in total. The van der Waals surface area contributed by atoms with Crippen LogP contribution in [0.1, 0.15) is 18.4 Å². The number of methoxy groups -OCH3 is 1. The monoisotopic (exact) mass is 374 g/mol. The zero-order valence-electron chi connectivity index (χ0n) is 13.7. The van der Waals surface area contributed by atoms with Gasteiger partial charge in [0.05, 0.1) is 22.8 Å². The number of allylic oxidation sites excluding steroid dienone is 1. The van der Waals surface area contributed by atoms with Gasteiger partial charge < -0.3 is 9.84 Å². The molecule has 1 fully saturated rings. The van der Waals surface area contributed by atoms with Gasteiger partial charge in [0.15, 0.2) is 9.84 Å². The molecule has 0 spiro atoms. The molecule has 8 heteroatoms. The van der Waals surface area contributed by atoms with Crippen molar-refractivity contribution in [3.8, 4) is 0 Å². The standard InChI is InChI=1S/C17H20F2O5S/c1-24-6-7-25(22,23)13-4-2-12(3-5-13)14(17(20)21)8-11-9-15(18)16(19)10-11/h2-5,8,11,15-16H,6-7,9-10H2,1H3,(H,20,21)/b14-8+. The largest absolute Gasteiger partial charge is 0.478 e.